The van der Waals surface area contributed by atoms with Gasteiger partial charge in [-0.05, 0) is 37.5 Å². The summed E-state index contributed by atoms with van der Waals surface area (Å²) in [4.78, 5) is 49.7. The van der Waals surface area contributed by atoms with E-state index in [9.17, 15) is 14.4 Å². The lowest BCUT2D eigenvalue weighted by Gasteiger charge is -2.13. The Kier molecular flexibility index (Phi) is 4.62. The number of nitrogens with one attached hydrogen (secondary N) is 2. The summed E-state index contributed by atoms with van der Waals surface area (Å²) in [7, 11) is 0. The lowest BCUT2D eigenvalue weighted by Crippen LogP contribution is -2.32. The summed E-state index contributed by atoms with van der Waals surface area (Å²) >= 11 is 0. The number of rotatable bonds is 5. The molecule has 5 rings (SSSR count). The Bertz CT molecular complexity index is 1450. The van der Waals surface area contributed by atoms with Crippen LogP contribution in [0.1, 0.15) is 48.2 Å². The van der Waals surface area contributed by atoms with Crippen LogP contribution in [0.5, 0.6) is 0 Å². The van der Waals surface area contributed by atoms with Gasteiger partial charge in [-0.2, -0.15) is 0 Å². The fraction of sp³-hybridized carbons (Fsp3) is 0.261. The van der Waals surface area contributed by atoms with Crippen LogP contribution in [0.3, 0.4) is 0 Å². The molecule has 8 heteroatoms. The molecule has 1 fully saturated rings. The number of para-hydroxylation sites is 1. The number of benzene rings is 1. The van der Waals surface area contributed by atoms with Crippen LogP contribution in [0, 0.1) is 0 Å². The molecule has 1 aliphatic rings. The van der Waals surface area contributed by atoms with Crippen molar-refractivity contribution in [2.45, 2.75) is 38.6 Å². The summed E-state index contributed by atoms with van der Waals surface area (Å²) < 4.78 is 1.44. The van der Waals surface area contributed by atoms with Crippen molar-refractivity contribution < 1.29 is 4.79 Å². The number of anilines is 1. The first-order valence-corrected chi connectivity index (χ1v) is 10.4. The Morgan fingerprint density at radius 2 is 2.03 bits per heavy atom. The average molecular weight is 415 g/mol. The van der Waals surface area contributed by atoms with Gasteiger partial charge in [-0.15, -0.1) is 0 Å². The third kappa shape index (κ3) is 3.50. The monoisotopic (exact) mass is 415 g/mol. The number of hydrogen-bond acceptors (Lipinski definition) is 5. The zero-order valence-electron chi connectivity index (χ0n) is 17.0. The van der Waals surface area contributed by atoms with Crippen LogP contribution in [-0.4, -0.2) is 25.4 Å². The minimum Gasteiger partial charge on any atom is -0.321 e. The van der Waals surface area contributed by atoms with Gasteiger partial charge in [0.1, 0.15) is 0 Å². The van der Waals surface area contributed by atoms with Crippen LogP contribution in [0.4, 0.5) is 5.69 Å². The first-order valence-electron chi connectivity index (χ1n) is 10.4. The molecule has 8 nitrogen and oxygen atoms in total. The van der Waals surface area contributed by atoms with Crippen molar-refractivity contribution in [1.82, 2.24) is 19.5 Å². The maximum Gasteiger partial charge on any atom is 0.329 e. The number of aromatic nitrogens is 4. The van der Waals surface area contributed by atoms with Crippen molar-refractivity contribution in [3.8, 4) is 0 Å². The van der Waals surface area contributed by atoms with Gasteiger partial charge in [0.25, 0.3) is 11.5 Å². The van der Waals surface area contributed by atoms with Gasteiger partial charge in [0.2, 0.25) is 0 Å². The Morgan fingerprint density at radius 1 is 1.23 bits per heavy atom. The van der Waals surface area contributed by atoms with Crippen LogP contribution in [-0.2, 0) is 6.54 Å². The number of fused-ring (bicyclic) bond motifs is 2. The second-order valence-corrected chi connectivity index (χ2v) is 7.85. The first kappa shape index (κ1) is 19.2. The fourth-order valence-corrected chi connectivity index (χ4v) is 3.83. The third-order valence-electron chi connectivity index (χ3n) is 5.50. The van der Waals surface area contributed by atoms with Crippen molar-refractivity contribution in [3.63, 3.8) is 0 Å². The minimum atomic E-state index is -0.607. The predicted octanol–water partition coefficient (Wildman–Crippen LogP) is 3.17. The summed E-state index contributed by atoms with van der Waals surface area (Å²) in [6.45, 7) is 2.34. The largest absolute Gasteiger partial charge is 0.329 e. The molecule has 0 spiro atoms. The zero-order valence-corrected chi connectivity index (χ0v) is 17.0. The number of pyridine rings is 2. The summed E-state index contributed by atoms with van der Waals surface area (Å²) in [5.41, 5.74) is 1.46. The van der Waals surface area contributed by atoms with Crippen molar-refractivity contribution in [2.24, 2.45) is 0 Å². The molecule has 1 amide bonds. The number of carbonyl (C=O) groups excluding carboxylic acids is 1. The van der Waals surface area contributed by atoms with E-state index >= 15 is 0 Å². The van der Waals surface area contributed by atoms with Crippen LogP contribution in [0.2, 0.25) is 0 Å². The average Bonchev–Trinajstić information content (AvgIpc) is 3.61. The Labute approximate surface area is 177 Å². The summed E-state index contributed by atoms with van der Waals surface area (Å²) in [6, 6.07) is 11.1. The number of hydrogen-bond donors (Lipinski definition) is 2. The summed E-state index contributed by atoms with van der Waals surface area (Å²) in [6.07, 6.45) is 4.24. The number of nitrogens with zero attached hydrogens (tertiary/aromatic N) is 3. The van der Waals surface area contributed by atoms with E-state index in [0.29, 0.717) is 18.7 Å². The standard InChI is InChI=1S/C23H21N5O3/c1-2-9-28-20-19(22(30)27-23(28)31)16(11-18(26-20)13-7-8-13)21(29)25-15-10-14-5-3-4-6-17(14)24-12-15/h3-6,10-13H,2,7-9H2,1H3,(H,25,29)(H,27,30,31). The zero-order chi connectivity index (χ0) is 21.5. The molecule has 3 heterocycles. The molecule has 0 bridgehead atoms. The summed E-state index contributed by atoms with van der Waals surface area (Å²) in [5, 5.41) is 3.88. The second kappa shape index (κ2) is 7.46. The van der Waals surface area contributed by atoms with Crippen LogP contribution < -0.4 is 16.6 Å². The van der Waals surface area contributed by atoms with Gasteiger partial charge >= 0.3 is 5.69 Å². The molecule has 0 aliphatic heterocycles. The molecule has 0 radical (unpaired) electrons. The van der Waals surface area contributed by atoms with E-state index in [-0.39, 0.29) is 22.5 Å². The SMILES string of the molecule is CCCn1c(=O)[nH]c(=O)c2c(C(=O)Nc3cnc4ccccc4c3)cc(C3CC3)nc21. The fourth-order valence-electron chi connectivity index (χ4n) is 3.83. The van der Waals surface area contributed by atoms with Gasteiger partial charge in [0.15, 0.2) is 5.65 Å². The highest BCUT2D eigenvalue weighted by Gasteiger charge is 2.28. The van der Waals surface area contributed by atoms with E-state index in [2.05, 4.69) is 20.3 Å². The Hall–Kier alpha value is -3.81. The van der Waals surface area contributed by atoms with Gasteiger partial charge in [-0.3, -0.25) is 24.1 Å². The third-order valence-corrected chi connectivity index (χ3v) is 5.50. The highest BCUT2D eigenvalue weighted by molar-refractivity contribution is 6.12. The second-order valence-electron chi connectivity index (χ2n) is 7.85. The molecule has 2 N–H and O–H groups in total. The molecule has 3 aromatic heterocycles. The van der Waals surface area contributed by atoms with Crippen LogP contribution >= 0.6 is 0 Å². The molecule has 31 heavy (non-hydrogen) atoms. The van der Waals surface area contributed by atoms with Crippen molar-refractivity contribution in [2.75, 3.05) is 5.32 Å². The highest BCUT2D eigenvalue weighted by Crippen LogP contribution is 2.40. The van der Waals surface area contributed by atoms with Crippen LogP contribution in [0.15, 0.2) is 52.2 Å². The topological polar surface area (TPSA) is 110 Å². The molecule has 0 atom stereocenters. The molecule has 1 saturated carbocycles. The molecule has 1 aromatic carbocycles. The number of H-pyrrole nitrogens is 1. The van der Waals surface area contributed by atoms with E-state index in [0.717, 1.165) is 29.4 Å². The number of amides is 1. The molecule has 0 saturated heterocycles. The van der Waals surface area contributed by atoms with Gasteiger partial charge < -0.3 is 5.32 Å². The van der Waals surface area contributed by atoms with Gasteiger partial charge in [0, 0.05) is 23.5 Å². The van der Waals surface area contributed by atoms with Gasteiger partial charge in [-0.1, -0.05) is 25.1 Å². The summed E-state index contributed by atoms with van der Waals surface area (Å²) in [5.74, 6) is -0.179. The van der Waals surface area contributed by atoms with Crippen molar-refractivity contribution in [3.05, 3.63) is 74.7 Å². The molecule has 1 aliphatic carbocycles. The quantitative estimate of drug-likeness (QED) is 0.520. The highest BCUT2D eigenvalue weighted by atomic mass is 16.2. The predicted molar refractivity (Wildman–Crippen MR) is 119 cm³/mol. The maximum atomic E-state index is 13.3. The van der Waals surface area contributed by atoms with Gasteiger partial charge in [0.05, 0.1) is 28.4 Å². The van der Waals surface area contributed by atoms with E-state index in [4.69, 9.17) is 0 Å². The van der Waals surface area contributed by atoms with E-state index < -0.39 is 17.2 Å². The van der Waals surface area contributed by atoms with E-state index in [1.54, 1.807) is 12.3 Å². The number of carbonyl (C=O) groups is 1. The van der Waals surface area contributed by atoms with E-state index in [1.807, 2.05) is 37.3 Å². The number of aryl methyl sites for hydroxylation is 1. The molecule has 156 valence electrons. The molecular weight excluding hydrogens is 394 g/mol. The lowest BCUT2D eigenvalue weighted by atomic mass is 10.1. The first-order chi connectivity index (χ1) is 15.0. The Morgan fingerprint density at radius 3 is 2.81 bits per heavy atom. The van der Waals surface area contributed by atoms with Gasteiger partial charge in [-0.25, -0.2) is 9.78 Å². The van der Waals surface area contributed by atoms with Crippen molar-refractivity contribution in [1.29, 1.82) is 0 Å². The molecule has 4 aromatic rings. The number of aromatic amines is 1. The normalized spacial score (nSPS) is 13.6. The van der Waals surface area contributed by atoms with E-state index in [1.165, 1.54) is 4.57 Å². The van der Waals surface area contributed by atoms with Crippen LogP contribution in [0.25, 0.3) is 21.9 Å². The minimum absolute atomic E-state index is 0.128. The smallest absolute Gasteiger partial charge is 0.321 e. The lowest BCUT2D eigenvalue weighted by molar-refractivity contribution is 0.102. The van der Waals surface area contributed by atoms with Crippen molar-refractivity contribution >= 4 is 33.5 Å². The maximum absolute atomic E-state index is 13.3. The Balaban J connectivity index is 1.65. The molecular formula is C23H21N5O3. The molecule has 0 unspecified atom stereocenters.